The van der Waals surface area contributed by atoms with Gasteiger partial charge in [0.2, 0.25) is 0 Å². The molecule has 0 radical (unpaired) electrons. The number of aliphatic hydroxyl groups is 1. The van der Waals surface area contributed by atoms with E-state index in [1.807, 2.05) is 12.1 Å². The van der Waals surface area contributed by atoms with Gasteiger partial charge in [-0.05, 0) is 25.3 Å². The van der Waals surface area contributed by atoms with Crippen LogP contribution in [0.25, 0.3) is 10.9 Å². The number of rotatable bonds is 8. The van der Waals surface area contributed by atoms with Crippen LogP contribution in [0.2, 0.25) is 0 Å². The molecule has 0 amide bonds. The number of benzene rings is 1. The first kappa shape index (κ1) is 15.3. The van der Waals surface area contributed by atoms with Gasteiger partial charge in [0.15, 0.2) is 11.5 Å². The number of aromatic nitrogens is 2. The highest BCUT2D eigenvalue weighted by Gasteiger charge is 2.10. The van der Waals surface area contributed by atoms with Gasteiger partial charge >= 0.3 is 0 Å². The highest BCUT2D eigenvalue weighted by molar-refractivity contribution is 5.91. The minimum absolute atomic E-state index is 0.243. The molecule has 0 saturated carbocycles. The summed E-state index contributed by atoms with van der Waals surface area (Å²) in [7, 11) is 3.21. The molecule has 0 unspecified atom stereocenters. The molecular weight excluding hydrogens is 270 g/mol. The van der Waals surface area contributed by atoms with Crippen LogP contribution < -0.4 is 14.8 Å². The number of hydrogen-bond acceptors (Lipinski definition) is 6. The van der Waals surface area contributed by atoms with Crippen LogP contribution in [-0.4, -0.2) is 42.4 Å². The zero-order valence-corrected chi connectivity index (χ0v) is 12.4. The second-order valence-electron chi connectivity index (χ2n) is 4.66. The Morgan fingerprint density at radius 3 is 2.52 bits per heavy atom. The molecule has 1 aromatic heterocycles. The number of fused-ring (bicyclic) bond motifs is 1. The van der Waals surface area contributed by atoms with Crippen molar-refractivity contribution in [1.82, 2.24) is 9.97 Å². The summed E-state index contributed by atoms with van der Waals surface area (Å²) in [5.74, 6) is 2.09. The Kier molecular flexibility index (Phi) is 5.57. The largest absolute Gasteiger partial charge is 0.493 e. The smallest absolute Gasteiger partial charge is 0.162 e. The van der Waals surface area contributed by atoms with E-state index in [9.17, 15) is 0 Å². The van der Waals surface area contributed by atoms with Crippen LogP contribution in [0.3, 0.4) is 0 Å². The molecule has 21 heavy (non-hydrogen) atoms. The Labute approximate surface area is 124 Å². The summed E-state index contributed by atoms with van der Waals surface area (Å²) in [5, 5.41) is 13.0. The molecule has 0 saturated heterocycles. The summed E-state index contributed by atoms with van der Waals surface area (Å²) in [6.45, 7) is 1.05. The van der Waals surface area contributed by atoms with Crippen molar-refractivity contribution in [3.63, 3.8) is 0 Å². The third-order valence-electron chi connectivity index (χ3n) is 3.27. The van der Waals surface area contributed by atoms with Crippen molar-refractivity contribution in [3.8, 4) is 11.5 Å². The van der Waals surface area contributed by atoms with E-state index in [1.54, 1.807) is 14.2 Å². The molecule has 0 spiro atoms. The Morgan fingerprint density at radius 1 is 1.05 bits per heavy atom. The second-order valence-corrected chi connectivity index (χ2v) is 4.66. The first-order chi connectivity index (χ1) is 10.3. The van der Waals surface area contributed by atoms with E-state index >= 15 is 0 Å². The zero-order valence-electron chi connectivity index (χ0n) is 12.4. The van der Waals surface area contributed by atoms with Crippen LogP contribution in [-0.2, 0) is 0 Å². The van der Waals surface area contributed by atoms with Gasteiger partial charge in [-0.2, -0.15) is 0 Å². The fourth-order valence-electron chi connectivity index (χ4n) is 2.14. The van der Waals surface area contributed by atoms with Crippen LogP contribution in [0.4, 0.5) is 5.82 Å². The number of nitrogens with zero attached hydrogens (tertiary/aromatic N) is 2. The van der Waals surface area contributed by atoms with Gasteiger partial charge in [-0.15, -0.1) is 0 Å². The van der Waals surface area contributed by atoms with Gasteiger partial charge in [0.05, 0.1) is 19.7 Å². The van der Waals surface area contributed by atoms with E-state index in [2.05, 4.69) is 15.3 Å². The first-order valence-corrected chi connectivity index (χ1v) is 7.01. The summed E-state index contributed by atoms with van der Waals surface area (Å²) >= 11 is 0. The lowest BCUT2D eigenvalue weighted by molar-refractivity contribution is 0.283. The van der Waals surface area contributed by atoms with E-state index in [-0.39, 0.29) is 6.61 Å². The number of aliphatic hydroxyl groups excluding tert-OH is 1. The third-order valence-corrected chi connectivity index (χ3v) is 3.27. The first-order valence-electron chi connectivity index (χ1n) is 7.01. The molecule has 2 N–H and O–H groups in total. The maximum Gasteiger partial charge on any atom is 0.162 e. The van der Waals surface area contributed by atoms with Crippen molar-refractivity contribution >= 4 is 16.7 Å². The van der Waals surface area contributed by atoms with Gasteiger partial charge in [0.1, 0.15) is 12.1 Å². The summed E-state index contributed by atoms with van der Waals surface area (Å²) in [4.78, 5) is 8.55. The molecule has 6 heteroatoms. The normalized spacial score (nSPS) is 10.6. The molecule has 1 aromatic carbocycles. The van der Waals surface area contributed by atoms with E-state index in [1.165, 1.54) is 6.33 Å². The van der Waals surface area contributed by atoms with Gasteiger partial charge in [-0.3, -0.25) is 0 Å². The highest BCUT2D eigenvalue weighted by Crippen LogP contribution is 2.33. The third kappa shape index (κ3) is 3.72. The van der Waals surface area contributed by atoms with Crippen molar-refractivity contribution in [3.05, 3.63) is 18.5 Å². The molecule has 0 aliphatic heterocycles. The maximum absolute atomic E-state index is 8.76. The lowest BCUT2D eigenvalue weighted by Crippen LogP contribution is -2.05. The minimum atomic E-state index is 0.243. The zero-order chi connectivity index (χ0) is 15.1. The van der Waals surface area contributed by atoms with Crippen LogP contribution in [0.5, 0.6) is 11.5 Å². The second kappa shape index (κ2) is 7.64. The Balaban J connectivity index is 2.19. The lowest BCUT2D eigenvalue weighted by atomic mass is 10.2. The maximum atomic E-state index is 8.76. The Morgan fingerprint density at radius 2 is 1.81 bits per heavy atom. The van der Waals surface area contributed by atoms with Crippen molar-refractivity contribution in [2.45, 2.75) is 19.3 Å². The fourth-order valence-corrected chi connectivity index (χ4v) is 2.14. The molecule has 2 aromatic rings. The van der Waals surface area contributed by atoms with Gasteiger partial charge in [0.25, 0.3) is 0 Å². The molecule has 0 atom stereocenters. The summed E-state index contributed by atoms with van der Waals surface area (Å²) in [6, 6.07) is 3.72. The predicted molar refractivity (Wildman–Crippen MR) is 82.1 cm³/mol. The Hall–Kier alpha value is -2.08. The highest BCUT2D eigenvalue weighted by atomic mass is 16.5. The predicted octanol–water partition coefficient (Wildman–Crippen LogP) is 2.22. The monoisotopic (exact) mass is 291 g/mol. The van der Waals surface area contributed by atoms with E-state index in [4.69, 9.17) is 14.6 Å². The van der Waals surface area contributed by atoms with Gasteiger partial charge in [-0.25, -0.2) is 9.97 Å². The quantitative estimate of drug-likeness (QED) is 0.726. The fraction of sp³-hybridized carbons (Fsp3) is 0.467. The molecular formula is C15H21N3O3. The van der Waals surface area contributed by atoms with E-state index in [0.717, 1.165) is 42.5 Å². The topological polar surface area (TPSA) is 76.5 Å². The van der Waals surface area contributed by atoms with Gasteiger partial charge in [0, 0.05) is 24.6 Å². The van der Waals surface area contributed by atoms with Crippen molar-refractivity contribution in [2.24, 2.45) is 0 Å². The molecule has 114 valence electrons. The van der Waals surface area contributed by atoms with Crippen LogP contribution in [0.15, 0.2) is 18.5 Å². The van der Waals surface area contributed by atoms with Crippen LogP contribution in [0.1, 0.15) is 19.3 Å². The van der Waals surface area contributed by atoms with Crippen LogP contribution in [0, 0.1) is 0 Å². The van der Waals surface area contributed by atoms with Crippen molar-refractivity contribution < 1.29 is 14.6 Å². The van der Waals surface area contributed by atoms with Crippen LogP contribution >= 0.6 is 0 Å². The van der Waals surface area contributed by atoms with E-state index in [0.29, 0.717) is 11.5 Å². The number of nitrogens with one attached hydrogen (secondary N) is 1. The molecule has 2 rings (SSSR count). The lowest BCUT2D eigenvalue weighted by Gasteiger charge is -2.12. The minimum Gasteiger partial charge on any atom is -0.493 e. The average molecular weight is 291 g/mol. The van der Waals surface area contributed by atoms with Gasteiger partial charge < -0.3 is 19.9 Å². The number of anilines is 1. The SMILES string of the molecule is COc1cc2ncnc(NCCCCCO)c2cc1OC. The summed E-state index contributed by atoms with van der Waals surface area (Å²) in [6.07, 6.45) is 4.34. The van der Waals surface area contributed by atoms with Crippen molar-refractivity contribution in [1.29, 1.82) is 0 Å². The molecule has 0 bridgehead atoms. The summed E-state index contributed by atoms with van der Waals surface area (Å²) < 4.78 is 10.6. The van der Waals surface area contributed by atoms with E-state index < -0.39 is 0 Å². The number of ether oxygens (including phenoxy) is 2. The average Bonchev–Trinajstić information content (AvgIpc) is 2.53. The number of hydrogen-bond donors (Lipinski definition) is 2. The molecule has 0 aliphatic rings. The van der Waals surface area contributed by atoms with Gasteiger partial charge in [-0.1, -0.05) is 0 Å². The number of methoxy groups -OCH3 is 2. The molecule has 6 nitrogen and oxygen atoms in total. The molecule has 1 heterocycles. The molecule has 0 fully saturated rings. The summed E-state index contributed by atoms with van der Waals surface area (Å²) in [5.41, 5.74) is 0.806. The van der Waals surface area contributed by atoms with Crippen molar-refractivity contribution in [2.75, 3.05) is 32.7 Å². The molecule has 0 aliphatic carbocycles. The number of unbranched alkanes of at least 4 members (excludes halogenated alkanes) is 2. The Bertz CT molecular complexity index is 590. The standard InChI is InChI=1S/C15H21N3O3/c1-20-13-8-11-12(9-14(13)21-2)17-10-18-15(11)16-6-4-3-5-7-19/h8-10,19H,3-7H2,1-2H3,(H,16,17,18).